The molecular weight excluding hydrogens is 482 g/mol. The number of hydrogen-bond acceptors (Lipinski definition) is 6. The van der Waals surface area contributed by atoms with Crippen LogP contribution in [0.25, 0.3) is 6.08 Å². The van der Waals surface area contributed by atoms with E-state index in [0.717, 1.165) is 10.5 Å². The number of nitro benzene ring substituents is 1. The number of hydrogen-bond donors (Lipinski definition) is 1. The minimum atomic E-state index is -0.509. The molecule has 9 nitrogen and oxygen atoms in total. The molecule has 1 aliphatic rings. The van der Waals surface area contributed by atoms with Crippen LogP contribution >= 0.6 is 15.9 Å². The zero-order valence-electron chi connectivity index (χ0n) is 17.2. The standard InChI is InChI=1S/C22H20BrN3O6/c1-3-9-25-21(27)18(24-22(25)28)10-15-11-19(31-4-2)20(12-17(15)23)32-13-14-5-7-16(8-6-14)26(29)30/h3,5-8,10-12H,1,4,9,13H2,2H3,(H,24,28)/b18-10+. The molecule has 1 N–H and O–H groups in total. The lowest BCUT2D eigenvalue weighted by atomic mass is 10.1. The van der Waals surface area contributed by atoms with E-state index in [1.807, 2.05) is 6.92 Å². The van der Waals surface area contributed by atoms with Crippen LogP contribution in [-0.2, 0) is 11.4 Å². The molecule has 3 rings (SSSR count). The molecule has 0 atom stereocenters. The number of nitro groups is 1. The number of carbonyl (C=O) groups is 2. The summed E-state index contributed by atoms with van der Waals surface area (Å²) in [4.78, 5) is 35.8. The normalized spacial score (nSPS) is 14.4. The molecule has 166 valence electrons. The maximum Gasteiger partial charge on any atom is 0.329 e. The fraction of sp³-hybridized carbons (Fsp3) is 0.182. The third-order valence-corrected chi connectivity index (χ3v) is 5.16. The number of rotatable bonds is 9. The van der Waals surface area contributed by atoms with E-state index in [1.54, 1.807) is 30.3 Å². The summed E-state index contributed by atoms with van der Waals surface area (Å²) >= 11 is 3.46. The fourth-order valence-corrected chi connectivity index (χ4v) is 3.38. The van der Waals surface area contributed by atoms with Crippen molar-refractivity contribution in [1.82, 2.24) is 10.2 Å². The van der Waals surface area contributed by atoms with Gasteiger partial charge >= 0.3 is 6.03 Å². The second kappa shape index (κ2) is 10.1. The number of non-ortho nitro benzene ring substituents is 1. The Kier molecular flexibility index (Phi) is 7.26. The molecule has 32 heavy (non-hydrogen) atoms. The van der Waals surface area contributed by atoms with Crippen molar-refractivity contribution in [2.24, 2.45) is 0 Å². The quantitative estimate of drug-likeness (QED) is 0.179. The highest BCUT2D eigenvalue weighted by Gasteiger charge is 2.32. The Balaban J connectivity index is 1.83. The highest BCUT2D eigenvalue weighted by molar-refractivity contribution is 9.10. The van der Waals surface area contributed by atoms with Gasteiger partial charge in [-0.15, -0.1) is 6.58 Å². The zero-order valence-corrected chi connectivity index (χ0v) is 18.8. The lowest BCUT2D eigenvalue weighted by Crippen LogP contribution is -2.30. The van der Waals surface area contributed by atoms with Crippen LogP contribution in [0, 0.1) is 10.1 Å². The van der Waals surface area contributed by atoms with Gasteiger partial charge < -0.3 is 14.8 Å². The van der Waals surface area contributed by atoms with Crippen molar-refractivity contribution < 1.29 is 24.0 Å². The van der Waals surface area contributed by atoms with Crippen LogP contribution in [-0.4, -0.2) is 34.9 Å². The molecule has 0 bridgehead atoms. The van der Waals surface area contributed by atoms with Crippen LogP contribution in [0.15, 0.2) is 59.2 Å². The Morgan fingerprint density at radius 3 is 2.50 bits per heavy atom. The largest absolute Gasteiger partial charge is 0.490 e. The highest BCUT2D eigenvalue weighted by atomic mass is 79.9. The monoisotopic (exact) mass is 501 g/mol. The van der Waals surface area contributed by atoms with Crippen molar-refractivity contribution in [2.45, 2.75) is 13.5 Å². The van der Waals surface area contributed by atoms with E-state index in [0.29, 0.717) is 28.1 Å². The van der Waals surface area contributed by atoms with Gasteiger partial charge in [0.25, 0.3) is 11.6 Å². The molecule has 1 aliphatic heterocycles. The van der Waals surface area contributed by atoms with E-state index < -0.39 is 16.9 Å². The third-order valence-electron chi connectivity index (χ3n) is 4.48. The molecule has 0 aliphatic carbocycles. The molecule has 2 aromatic rings. The van der Waals surface area contributed by atoms with E-state index in [1.165, 1.54) is 18.2 Å². The summed E-state index contributed by atoms with van der Waals surface area (Å²) < 4.78 is 12.2. The number of imide groups is 1. The number of ether oxygens (including phenoxy) is 2. The van der Waals surface area contributed by atoms with Crippen LogP contribution in [0.3, 0.4) is 0 Å². The molecule has 10 heteroatoms. The number of nitrogens with zero attached hydrogens (tertiary/aromatic N) is 2. The predicted molar refractivity (Wildman–Crippen MR) is 121 cm³/mol. The number of nitrogens with one attached hydrogen (secondary N) is 1. The Hall–Kier alpha value is -3.66. The van der Waals surface area contributed by atoms with Crippen LogP contribution in [0.5, 0.6) is 11.5 Å². The number of benzene rings is 2. The fourth-order valence-electron chi connectivity index (χ4n) is 2.94. The second-order valence-corrected chi connectivity index (χ2v) is 7.51. The van der Waals surface area contributed by atoms with Gasteiger partial charge in [0.15, 0.2) is 11.5 Å². The van der Waals surface area contributed by atoms with Crippen molar-refractivity contribution in [2.75, 3.05) is 13.2 Å². The van der Waals surface area contributed by atoms with Crippen molar-refractivity contribution in [1.29, 1.82) is 0 Å². The first-order chi connectivity index (χ1) is 15.3. The van der Waals surface area contributed by atoms with Gasteiger partial charge in [0.1, 0.15) is 12.3 Å². The molecule has 0 saturated carbocycles. The maximum absolute atomic E-state index is 12.4. The SMILES string of the molecule is C=CCN1C(=O)N/C(=C/c2cc(OCC)c(OCc3ccc([N+](=O)[O-])cc3)cc2Br)C1=O. The summed E-state index contributed by atoms with van der Waals surface area (Å²) in [5.41, 5.74) is 1.51. The minimum Gasteiger partial charge on any atom is -0.490 e. The van der Waals surface area contributed by atoms with Gasteiger partial charge in [-0.1, -0.05) is 22.0 Å². The van der Waals surface area contributed by atoms with E-state index in [2.05, 4.69) is 27.8 Å². The van der Waals surface area contributed by atoms with Crippen molar-refractivity contribution in [3.63, 3.8) is 0 Å². The molecule has 0 aromatic heterocycles. The maximum atomic E-state index is 12.4. The summed E-state index contributed by atoms with van der Waals surface area (Å²) in [6.45, 7) is 6.05. The summed E-state index contributed by atoms with van der Waals surface area (Å²) in [6, 6.07) is 8.95. The van der Waals surface area contributed by atoms with E-state index in [4.69, 9.17) is 9.47 Å². The zero-order chi connectivity index (χ0) is 23.3. The summed E-state index contributed by atoms with van der Waals surface area (Å²) in [6.07, 6.45) is 3.02. The Labute approximate surface area is 192 Å². The van der Waals surface area contributed by atoms with Crippen LogP contribution in [0.4, 0.5) is 10.5 Å². The number of halogens is 1. The van der Waals surface area contributed by atoms with Crippen molar-refractivity contribution >= 4 is 39.6 Å². The Bertz CT molecular complexity index is 1100. The predicted octanol–water partition coefficient (Wildman–Crippen LogP) is 4.41. The van der Waals surface area contributed by atoms with Crippen LogP contribution in [0.1, 0.15) is 18.1 Å². The Morgan fingerprint density at radius 1 is 1.19 bits per heavy atom. The average Bonchev–Trinajstić information content (AvgIpc) is 3.03. The van der Waals surface area contributed by atoms with Gasteiger partial charge in [0, 0.05) is 23.2 Å². The number of urea groups is 1. The second-order valence-electron chi connectivity index (χ2n) is 6.66. The first-order valence-electron chi connectivity index (χ1n) is 9.62. The molecule has 0 unspecified atom stereocenters. The summed E-state index contributed by atoms with van der Waals surface area (Å²) in [5, 5.41) is 13.3. The third kappa shape index (κ3) is 5.14. The lowest BCUT2D eigenvalue weighted by molar-refractivity contribution is -0.384. The van der Waals surface area contributed by atoms with E-state index in [9.17, 15) is 19.7 Å². The first-order valence-corrected chi connectivity index (χ1v) is 10.4. The molecule has 1 heterocycles. The van der Waals surface area contributed by atoms with Gasteiger partial charge in [0.05, 0.1) is 11.5 Å². The molecule has 1 fully saturated rings. The summed E-state index contributed by atoms with van der Waals surface area (Å²) in [5.74, 6) is 0.455. The van der Waals surface area contributed by atoms with Crippen LogP contribution < -0.4 is 14.8 Å². The van der Waals surface area contributed by atoms with Crippen molar-refractivity contribution in [3.05, 3.63) is 80.5 Å². The topological polar surface area (TPSA) is 111 Å². The van der Waals surface area contributed by atoms with E-state index >= 15 is 0 Å². The van der Waals surface area contributed by atoms with Gasteiger partial charge in [0.2, 0.25) is 0 Å². The molecule has 0 spiro atoms. The first kappa shape index (κ1) is 23.0. The average molecular weight is 502 g/mol. The molecular formula is C22H20BrN3O6. The lowest BCUT2D eigenvalue weighted by Gasteiger charge is -2.14. The molecule has 0 radical (unpaired) electrons. The van der Waals surface area contributed by atoms with Gasteiger partial charge in [-0.05, 0) is 48.4 Å². The molecule has 3 amide bonds. The van der Waals surface area contributed by atoms with Gasteiger partial charge in [-0.25, -0.2) is 4.79 Å². The molecule has 1 saturated heterocycles. The Morgan fingerprint density at radius 2 is 1.88 bits per heavy atom. The van der Waals surface area contributed by atoms with Gasteiger partial charge in [-0.2, -0.15) is 0 Å². The number of carbonyl (C=O) groups excluding carboxylic acids is 2. The summed E-state index contributed by atoms with van der Waals surface area (Å²) in [7, 11) is 0. The number of amides is 3. The molecule has 2 aromatic carbocycles. The van der Waals surface area contributed by atoms with Gasteiger partial charge in [-0.3, -0.25) is 19.8 Å². The highest BCUT2D eigenvalue weighted by Crippen LogP contribution is 2.35. The van der Waals surface area contributed by atoms with Crippen molar-refractivity contribution in [3.8, 4) is 11.5 Å². The smallest absolute Gasteiger partial charge is 0.329 e. The van der Waals surface area contributed by atoms with Crippen LogP contribution in [0.2, 0.25) is 0 Å². The van der Waals surface area contributed by atoms with E-state index in [-0.39, 0.29) is 24.5 Å². The minimum absolute atomic E-state index is 0.00379.